The van der Waals surface area contributed by atoms with Gasteiger partial charge in [0.15, 0.2) is 5.82 Å². The minimum absolute atomic E-state index is 0.146. The van der Waals surface area contributed by atoms with Gasteiger partial charge in [0.05, 0.1) is 17.9 Å². The third-order valence-electron chi connectivity index (χ3n) is 6.93. The van der Waals surface area contributed by atoms with E-state index in [1.165, 1.54) is 11.3 Å². The second-order valence-corrected chi connectivity index (χ2v) is 12.4. The summed E-state index contributed by atoms with van der Waals surface area (Å²) in [7, 11) is 5.59. The smallest absolute Gasteiger partial charge is 0.311 e. The molecule has 54 heavy (non-hydrogen) atoms. The van der Waals surface area contributed by atoms with Crippen LogP contribution < -0.4 is 16.0 Å². The molecule has 0 radical (unpaired) electrons. The third-order valence-corrected chi connectivity index (χ3v) is 8.04. The molecule has 0 fully saturated rings. The van der Waals surface area contributed by atoms with Crippen molar-refractivity contribution in [2.24, 2.45) is 7.05 Å². The number of thiophene rings is 1. The fraction of sp³-hybridized carbons (Fsp3) is 0.375. The Kier molecular flexibility index (Phi) is 21.9. The largest absolute Gasteiger partial charge is 0.466 e. The number of hydrogen-bond acceptors (Lipinski definition) is 9. The number of imidazole rings is 1. The van der Waals surface area contributed by atoms with Crippen molar-refractivity contribution in [1.82, 2.24) is 19.4 Å². The zero-order valence-electron chi connectivity index (χ0n) is 33.3. The highest BCUT2D eigenvalue weighted by molar-refractivity contribution is 7.79. The Bertz CT molecular complexity index is 1950. The van der Waals surface area contributed by atoms with Gasteiger partial charge >= 0.3 is 5.97 Å². The number of ether oxygens (including phenoxy) is 1. The average molecular weight is 780 g/mol. The van der Waals surface area contributed by atoms with Crippen LogP contribution in [0.2, 0.25) is 0 Å². The van der Waals surface area contributed by atoms with E-state index < -0.39 is 5.91 Å². The van der Waals surface area contributed by atoms with E-state index in [9.17, 15) is 19.2 Å². The number of allylic oxidation sites excluding steroid dienone is 1. The normalized spacial score (nSPS) is 9.93. The number of nitrogens with zero attached hydrogens (tertiary/aromatic N) is 3. The number of H-pyrrole nitrogens is 1. The van der Waals surface area contributed by atoms with E-state index in [2.05, 4.69) is 45.1 Å². The first-order valence-electron chi connectivity index (χ1n) is 17.9. The maximum Gasteiger partial charge on any atom is 0.311 e. The van der Waals surface area contributed by atoms with Gasteiger partial charge in [0.25, 0.3) is 11.8 Å². The summed E-state index contributed by atoms with van der Waals surface area (Å²) in [5.74, 6) is -0.681. The second kappa shape index (κ2) is 25.2. The molecule has 3 amide bonds. The van der Waals surface area contributed by atoms with Crippen molar-refractivity contribution in [3.05, 3.63) is 83.8 Å². The Hall–Kier alpha value is -4.92. The number of nitrogens with one attached hydrogen (secondary N) is 4. The number of hydrogen-bond donors (Lipinski definition) is 5. The van der Waals surface area contributed by atoms with Crippen LogP contribution in [-0.2, 0) is 27.8 Å². The van der Waals surface area contributed by atoms with Gasteiger partial charge in [-0.25, -0.2) is 4.98 Å². The SMILES string of the molecule is C=CC.CC.CC.CCOC(=O)Cc1cc2cc(NC(=O)c3cc4cc(NC(=O)c5nc(NC(=O)CCCN(C)C)cn5C)ccc4s3)ccc2[nH]1.CS. The topological polar surface area (TPSA) is 150 Å². The van der Waals surface area contributed by atoms with Crippen LogP contribution in [0.3, 0.4) is 0 Å². The minimum Gasteiger partial charge on any atom is -0.466 e. The molecule has 14 heteroatoms. The van der Waals surface area contributed by atoms with Crippen molar-refractivity contribution in [2.75, 3.05) is 49.5 Å². The summed E-state index contributed by atoms with van der Waals surface area (Å²) in [4.78, 5) is 60.2. The van der Waals surface area contributed by atoms with Gasteiger partial charge in [-0.3, -0.25) is 19.2 Å². The summed E-state index contributed by atoms with van der Waals surface area (Å²) in [6.45, 7) is 16.1. The lowest BCUT2D eigenvalue weighted by atomic mass is 10.2. The minimum atomic E-state index is -0.427. The van der Waals surface area contributed by atoms with Gasteiger partial charge in [0.1, 0.15) is 0 Å². The maximum absolute atomic E-state index is 13.1. The molecular formula is C40H57N7O5S2. The van der Waals surface area contributed by atoms with Gasteiger partial charge in [0, 0.05) is 52.3 Å². The molecule has 0 unspecified atom stereocenters. The zero-order chi connectivity index (χ0) is 40.8. The lowest BCUT2D eigenvalue weighted by Crippen LogP contribution is -2.18. The van der Waals surface area contributed by atoms with Crippen molar-refractivity contribution >= 4 is 85.8 Å². The molecule has 0 saturated carbocycles. The molecule has 2 aromatic carbocycles. The van der Waals surface area contributed by atoms with Crippen LogP contribution in [0.5, 0.6) is 0 Å². The molecule has 294 valence electrons. The highest BCUT2D eigenvalue weighted by atomic mass is 32.1. The van der Waals surface area contributed by atoms with Gasteiger partial charge < -0.3 is 35.1 Å². The van der Waals surface area contributed by atoms with Gasteiger partial charge in [-0.2, -0.15) is 12.6 Å². The first-order valence-corrected chi connectivity index (χ1v) is 19.6. The monoisotopic (exact) mass is 779 g/mol. The summed E-state index contributed by atoms with van der Waals surface area (Å²) in [5, 5.41) is 10.2. The van der Waals surface area contributed by atoms with Crippen molar-refractivity contribution in [3.8, 4) is 0 Å². The van der Waals surface area contributed by atoms with Crippen molar-refractivity contribution in [2.45, 2.75) is 60.8 Å². The third kappa shape index (κ3) is 14.8. The molecule has 0 bridgehead atoms. The molecule has 0 saturated heterocycles. The standard InChI is InChI=1S/C32H35N7O5S.C3H6.2C2H6.CH4S/c1-5-44-29(41)17-23-14-19-13-21(8-10-24(19)33-23)34-31(42)26-16-20-15-22(9-11-25(20)45-26)35-32(43)30-37-27(18-39(30)4)36-28(40)7-6-12-38(2)3;1-3-2;3*1-2/h8-11,13-16,18,33H,5-7,12,17H2,1-4H3,(H,34,42)(H,35,43)(H,36,40);3H,1H2,2H3;2*1-2H3;2H,1H3. The summed E-state index contributed by atoms with van der Waals surface area (Å²) >= 11 is 4.87. The highest BCUT2D eigenvalue weighted by Gasteiger charge is 2.17. The summed E-state index contributed by atoms with van der Waals surface area (Å²) in [6, 6.07) is 14.6. The number of anilines is 3. The molecule has 0 spiro atoms. The molecule has 3 heterocycles. The number of rotatable bonds is 12. The van der Waals surface area contributed by atoms with Gasteiger partial charge in [-0.15, -0.1) is 17.9 Å². The summed E-state index contributed by atoms with van der Waals surface area (Å²) in [6.07, 6.45) is 6.27. The second-order valence-electron chi connectivity index (χ2n) is 11.3. The van der Waals surface area contributed by atoms with E-state index in [1.54, 1.807) is 61.3 Å². The lowest BCUT2D eigenvalue weighted by Gasteiger charge is -2.08. The predicted molar refractivity (Wildman–Crippen MR) is 229 cm³/mol. The molecule has 0 aliphatic carbocycles. The highest BCUT2D eigenvalue weighted by Crippen LogP contribution is 2.29. The number of benzene rings is 2. The number of aromatic amines is 1. The Morgan fingerprint density at radius 2 is 1.56 bits per heavy atom. The van der Waals surface area contributed by atoms with Crippen molar-refractivity contribution in [3.63, 3.8) is 0 Å². The molecule has 3 aromatic heterocycles. The van der Waals surface area contributed by atoms with E-state index in [4.69, 9.17) is 4.74 Å². The van der Waals surface area contributed by atoms with Crippen LogP contribution in [0.25, 0.3) is 21.0 Å². The van der Waals surface area contributed by atoms with Crippen LogP contribution in [0.1, 0.15) is 80.4 Å². The molecule has 12 nitrogen and oxygen atoms in total. The fourth-order valence-corrected chi connectivity index (χ4v) is 5.78. The Labute approximate surface area is 329 Å². The number of amides is 3. The lowest BCUT2D eigenvalue weighted by molar-refractivity contribution is -0.142. The number of carbonyl (C=O) groups is 4. The molecule has 0 aliphatic rings. The molecule has 0 atom stereocenters. The predicted octanol–water partition coefficient (Wildman–Crippen LogP) is 8.80. The summed E-state index contributed by atoms with van der Waals surface area (Å²) < 4.78 is 7.46. The Morgan fingerprint density at radius 3 is 2.19 bits per heavy atom. The van der Waals surface area contributed by atoms with E-state index in [0.717, 1.165) is 39.6 Å². The number of aryl methyl sites for hydroxylation is 1. The van der Waals surface area contributed by atoms with Crippen LogP contribution in [0.15, 0.2) is 67.4 Å². The van der Waals surface area contributed by atoms with Crippen molar-refractivity contribution in [1.29, 1.82) is 0 Å². The van der Waals surface area contributed by atoms with E-state index in [0.29, 0.717) is 35.1 Å². The first kappa shape index (κ1) is 47.1. The van der Waals surface area contributed by atoms with E-state index >= 15 is 0 Å². The number of aromatic nitrogens is 3. The number of esters is 1. The van der Waals surface area contributed by atoms with Crippen molar-refractivity contribution < 1.29 is 23.9 Å². The fourth-order valence-electron chi connectivity index (χ4n) is 4.84. The molecule has 5 rings (SSSR count). The van der Waals surface area contributed by atoms with Gasteiger partial charge in [0.2, 0.25) is 11.7 Å². The first-order chi connectivity index (χ1) is 26.0. The Morgan fingerprint density at radius 1 is 0.944 bits per heavy atom. The quantitative estimate of drug-likeness (QED) is 0.0483. The van der Waals surface area contributed by atoms with E-state index in [-0.39, 0.29) is 30.0 Å². The molecule has 0 aliphatic heterocycles. The Balaban J connectivity index is 0.00000150. The van der Waals surface area contributed by atoms with E-state index in [1.807, 2.05) is 77.9 Å². The van der Waals surface area contributed by atoms with Crippen LogP contribution in [-0.4, -0.2) is 76.6 Å². The number of thiol groups is 1. The van der Waals surface area contributed by atoms with Gasteiger partial charge in [-0.1, -0.05) is 33.8 Å². The molecular weight excluding hydrogens is 723 g/mol. The average Bonchev–Trinajstić information content (AvgIpc) is 3.86. The molecule has 5 aromatic rings. The summed E-state index contributed by atoms with van der Waals surface area (Å²) in [5.41, 5.74) is 2.76. The number of fused-ring (bicyclic) bond motifs is 2. The van der Waals surface area contributed by atoms with Crippen LogP contribution in [0.4, 0.5) is 17.2 Å². The zero-order valence-corrected chi connectivity index (χ0v) is 35.0. The molecule has 4 N–H and O–H groups in total. The van der Waals surface area contributed by atoms with Gasteiger partial charge in [-0.05, 0) is 101 Å². The van der Waals surface area contributed by atoms with Crippen LogP contribution in [0, 0.1) is 0 Å². The maximum atomic E-state index is 13.1. The number of carbonyl (C=O) groups excluding carboxylic acids is 4. The van der Waals surface area contributed by atoms with Crippen LogP contribution >= 0.6 is 24.0 Å².